The molecule has 2 N–H and O–H groups in total. The summed E-state index contributed by atoms with van der Waals surface area (Å²) in [5.41, 5.74) is 0.997. The van der Waals surface area contributed by atoms with Crippen molar-refractivity contribution in [2.45, 2.75) is 25.3 Å². The zero-order valence-electron chi connectivity index (χ0n) is 11.5. The summed E-state index contributed by atoms with van der Waals surface area (Å²) in [6, 6.07) is 6.50. The van der Waals surface area contributed by atoms with E-state index < -0.39 is 12.0 Å². The summed E-state index contributed by atoms with van der Waals surface area (Å²) in [7, 11) is 1.59. The molecule has 0 bridgehead atoms. The lowest BCUT2D eigenvalue weighted by atomic mass is 10.1. The summed E-state index contributed by atoms with van der Waals surface area (Å²) in [6.45, 7) is 3.47. The third kappa shape index (κ3) is 5.14. The molecule has 0 aromatic heterocycles. The molecule has 1 amide bonds. The second-order valence-corrected chi connectivity index (χ2v) is 4.33. The van der Waals surface area contributed by atoms with Crippen molar-refractivity contribution in [2.75, 3.05) is 7.11 Å². The Kier molecular flexibility index (Phi) is 6.29. The highest BCUT2D eigenvalue weighted by molar-refractivity contribution is 5.83. The summed E-state index contributed by atoms with van der Waals surface area (Å²) in [4.78, 5) is 22.6. The maximum Gasteiger partial charge on any atom is 0.326 e. The summed E-state index contributed by atoms with van der Waals surface area (Å²) >= 11 is 0. The number of rotatable bonds is 8. The molecule has 0 spiro atoms. The van der Waals surface area contributed by atoms with E-state index in [0.717, 1.165) is 11.3 Å². The fraction of sp³-hybridized carbons (Fsp3) is 0.333. The summed E-state index contributed by atoms with van der Waals surface area (Å²) in [6.07, 6.45) is 2.48. The number of hydrogen-bond acceptors (Lipinski definition) is 3. The standard InChI is InChI=1S/C15H19NO4/c1-3-4-13(15(18)19)16-14(17)10-7-11-5-8-12(20-2)9-6-11/h3,5-6,8-9,13H,1,4,7,10H2,2H3,(H,16,17)(H,18,19). The third-order valence-electron chi connectivity index (χ3n) is 2.84. The monoisotopic (exact) mass is 277 g/mol. The Labute approximate surface area is 118 Å². The second kappa shape index (κ2) is 7.99. The quantitative estimate of drug-likeness (QED) is 0.710. The van der Waals surface area contributed by atoms with Crippen molar-refractivity contribution in [3.05, 3.63) is 42.5 Å². The molecule has 5 heteroatoms. The minimum absolute atomic E-state index is 0.212. The van der Waals surface area contributed by atoms with Gasteiger partial charge in [0.1, 0.15) is 11.8 Å². The molecule has 0 aliphatic heterocycles. The first-order valence-electron chi connectivity index (χ1n) is 6.32. The molecule has 0 radical (unpaired) electrons. The van der Waals surface area contributed by atoms with Crippen LogP contribution in [0.15, 0.2) is 36.9 Å². The maximum atomic E-state index is 11.7. The smallest absolute Gasteiger partial charge is 0.326 e. The second-order valence-electron chi connectivity index (χ2n) is 4.33. The van der Waals surface area contributed by atoms with Gasteiger partial charge >= 0.3 is 5.97 Å². The highest BCUT2D eigenvalue weighted by atomic mass is 16.5. The number of methoxy groups -OCH3 is 1. The first kappa shape index (κ1) is 15.8. The van der Waals surface area contributed by atoms with Crippen molar-refractivity contribution in [3.63, 3.8) is 0 Å². The number of amides is 1. The van der Waals surface area contributed by atoms with E-state index in [0.29, 0.717) is 6.42 Å². The Bertz CT molecular complexity index is 467. The maximum absolute atomic E-state index is 11.7. The Morgan fingerprint density at radius 2 is 2.05 bits per heavy atom. The van der Waals surface area contributed by atoms with Crippen LogP contribution >= 0.6 is 0 Å². The van der Waals surface area contributed by atoms with Crippen LogP contribution in [-0.4, -0.2) is 30.1 Å². The van der Waals surface area contributed by atoms with E-state index in [1.165, 1.54) is 6.08 Å². The molecule has 0 aliphatic rings. The van der Waals surface area contributed by atoms with Crippen LogP contribution < -0.4 is 10.1 Å². The first-order valence-corrected chi connectivity index (χ1v) is 6.32. The van der Waals surface area contributed by atoms with Gasteiger partial charge in [-0.2, -0.15) is 0 Å². The van der Waals surface area contributed by atoms with E-state index >= 15 is 0 Å². The van der Waals surface area contributed by atoms with Gasteiger partial charge in [-0.15, -0.1) is 6.58 Å². The number of carboxylic acid groups (broad SMARTS) is 1. The molecule has 5 nitrogen and oxygen atoms in total. The lowest BCUT2D eigenvalue weighted by molar-refractivity contribution is -0.141. The average Bonchev–Trinajstić information content (AvgIpc) is 2.45. The minimum atomic E-state index is -1.05. The number of aliphatic carboxylic acids is 1. The molecule has 0 fully saturated rings. The first-order chi connectivity index (χ1) is 9.56. The van der Waals surface area contributed by atoms with Crippen LogP contribution in [0.5, 0.6) is 5.75 Å². The predicted octanol–water partition coefficient (Wildman–Crippen LogP) is 1.77. The molecule has 0 saturated heterocycles. The van der Waals surface area contributed by atoms with Crippen molar-refractivity contribution >= 4 is 11.9 Å². The van der Waals surface area contributed by atoms with Gasteiger partial charge in [0, 0.05) is 6.42 Å². The molecule has 0 aliphatic carbocycles. The molecular weight excluding hydrogens is 258 g/mol. The number of carboxylic acids is 1. The third-order valence-corrected chi connectivity index (χ3v) is 2.84. The lowest BCUT2D eigenvalue weighted by Crippen LogP contribution is -2.40. The van der Waals surface area contributed by atoms with E-state index in [2.05, 4.69) is 11.9 Å². The van der Waals surface area contributed by atoms with Gasteiger partial charge in [-0.3, -0.25) is 4.79 Å². The van der Waals surface area contributed by atoms with Gasteiger partial charge < -0.3 is 15.2 Å². The molecule has 0 heterocycles. The van der Waals surface area contributed by atoms with Gasteiger partial charge in [0.15, 0.2) is 0 Å². The fourth-order valence-electron chi connectivity index (χ4n) is 1.70. The molecule has 20 heavy (non-hydrogen) atoms. The number of nitrogens with one attached hydrogen (secondary N) is 1. The van der Waals surface area contributed by atoms with E-state index in [1.807, 2.05) is 24.3 Å². The van der Waals surface area contributed by atoms with Gasteiger partial charge in [0.25, 0.3) is 0 Å². The highest BCUT2D eigenvalue weighted by Gasteiger charge is 2.17. The van der Waals surface area contributed by atoms with Crippen molar-refractivity contribution in [2.24, 2.45) is 0 Å². The van der Waals surface area contributed by atoms with Crippen LogP contribution in [0.25, 0.3) is 0 Å². The highest BCUT2D eigenvalue weighted by Crippen LogP contribution is 2.12. The molecule has 1 aromatic carbocycles. The summed E-state index contributed by atoms with van der Waals surface area (Å²) < 4.78 is 5.05. The Balaban J connectivity index is 2.45. The van der Waals surface area contributed by atoms with E-state index in [4.69, 9.17) is 9.84 Å². The van der Waals surface area contributed by atoms with Crippen molar-refractivity contribution in [3.8, 4) is 5.75 Å². The number of hydrogen-bond donors (Lipinski definition) is 2. The summed E-state index contributed by atoms with van der Waals surface area (Å²) in [5, 5.41) is 11.4. The van der Waals surface area contributed by atoms with Gasteiger partial charge in [0.05, 0.1) is 7.11 Å². The predicted molar refractivity (Wildman–Crippen MR) is 75.7 cm³/mol. The number of ether oxygens (including phenoxy) is 1. The van der Waals surface area contributed by atoms with Crippen LogP contribution in [0.4, 0.5) is 0 Å². The summed E-state index contributed by atoms with van der Waals surface area (Å²) in [5.74, 6) is -0.576. The van der Waals surface area contributed by atoms with Gasteiger partial charge in [0.2, 0.25) is 5.91 Å². The number of benzene rings is 1. The van der Waals surface area contributed by atoms with E-state index in [1.54, 1.807) is 7.11 Å². The van der Waals surface area contributed by atoms with Crippen LogP contribution in [0.3, 0.4) is 0 Å². The topological polar surface area (TPSA) is 75.6 Å². The number of carbonyl (C=O) groups is 2. The van der Waals surface area contributed by atoms with E-state index in [9.17, 15) is 9.59 Å². The van der Waals surface area contributed by atoms with Gasteiger partial charge in [-0.05, 0) is 30.5 Å². The zero-order chi connectivity index (χ0) is 15.0. The molecule has 1 rings (SSSR count). The zero-order valence-corrected chi connectivity index (χ0v) is 11.5. The van der Waals surface area contributed by atoms with E-state index in [-0.39, 0.29) is 18.7 Å². The molecule has 0 saturated carbocycles. The van der Waals surface area contributed by atoms with Crippen molar-refractivity contribution in [1.82, 2.24) is 5.32 Å². The minimum Gasteiger partial charge on any atom is -0.497 e. The Morgan fingerprint density at radius 1 is 1.40 bits per heavy atom. The van der Waals surface area contributed by atoms with Crippen LogP contribution in [0.2, 0.25) is 0 Å². The molecular formula is C15H19NO4. The fourth-order valence-corrected chi connectivity index (χ4v) is 1.70. The Hall–Kier alpha value is -2.30. The largest absolute Gasteiger partial charge is 0.497 e. The SMILES string of the molecule is C=CCC(NC(=O)CCc1ccc(OC)cc1)C(=O)O. The molecule has 108 valence electrons. The van der Waals surface area contributed by atoms with Gasteiger partial charge in [-0.25, -0.2) is 4.79 Å². The number of carbonyl (C=O) groups excluding carboxylic acids is 1. The lowest BCUT2D eigenvalue weighted by Gasteiger charge is -2.12. The number of aryl methyl sites for hydroxylation is 1. The van der Waals surface area contributed by atoms with Gasteiger partial charge in [-0.1, -0.05) is 18.2 Å². The van der Waals surface area contributed by atoms with Crippen LogP contribution in [-0.2, 0) is 16.0 Å². The molecule has 1 unspecified atom stereocenters. The van der Waals surface area contributed by atoms with Crippen LogP contribution in [0.1, 0.15) is 18.4 Å². The van der Waals surface area contributed by atoms with Crippen LogP contribution in [0, 0.1) is 0 Å². The Morgan fingerprint density at radius 3 is 2.55 bits per heavy atom. The average molecular weight is 277 g/mol. The molecule has 1 atom stereocenters. The normalized spacial score (nSPS) is 11.4. The van der Waals surface area contributed by atoms with Crippen molar-refractivity contribution in [1.29, 1.82) is 0 Å². The molecule has 1 aromatic rings. The van der Waals surface area contributed by atoms with Crippen molar-refractivity contribution < 1.29 is 19.4 Å².